The van der Waals surface area contributed by atoms with Crippen LogP contribution in [-0.2, 0) is 6.42 Å². The number of rotatable bonds is 5. The normalized spacial score (nSPS) is 13.2. The molecular formula is C19H16F2N4O3. The van der Waals surface area contributed by atoms with Crippen molar-refractivity contribution < 1.29 is 18.3 Å². The Morgan fingerprint density at radius 3 is 2.71 bits per heavy atom. The van der Waals surface area contributed by atoms with Crippen LogP contribution in [0.2, 0.25) is 0 Å². The molecule has 3 N–H and O–H groups in total. The average Bonchev–Trinajstić information content (AvgIpc) is 3.32. The Morgan fingerprint density at radius 1 is 1.21 bits per heavy atom. The van der Waals surface area contributed by atoms with Gasteiger partial charge in [-0.1, -0.05) is 12.1 Å². The molecule has 3 aromatic rings. The Morgan fingerprint density at radius 2 is 1.96 bits per heavy atom. The second kappa shape index (κ2) is 7.28. The van der Waals surface area contributed by atoms with E-state index in [4.69, 9.17) is 15.2 Å². The second-order valence-corrected chi connectivity index (χ2v) is 6.16. The molecule has 0 radical (unpaired) electrons. The molecule has 4 rings (SSSR count). The zero-order valence-corrected chi connectivity index (χ0v) is 14.6. The molecule has 0 bridgehead atoms. The third-order valence-corrected chi connectivity index (χ3v) is 4.44. The van der Waals surface area contributed by atoms with Crippen molar-refractivity contribution in [2.75, 3.05) is 13.3 Å². The minimum absolute atomic E-state index is 0.00785. The largest absolute Gasteiger partial charge is 0.454 e. The fraction of sp³-hybridized carbons (Fsp3) is 0.158. The van der Waals surface area contributed by atoms with E-state index in [2.05, 4.69) is 10.2 Å². The van der Waals surface area contributed by atoms with Crippen molar-refractivity contribution in [1.82, 2.24) is 14.8 Å². The number of H-pyrrole nitrogens is 1. The van der Waals surface area contributed by atoms with Crippen molar-refractivity contribution in [1.29, 1.82) is 0 Å². The van der Waals surface area contributed by atoms with Crippen molar-refractivity contribution in [2.24, 2.45) is 5.73 Å². The van der Waals surface area contributed by atoms with Gasteiger partial charge in [0.1, 0.15) is 11.6 Å². The lowest BCUT2D eigenvalue weighted by atomic mass is 10.0. The number of aromatic nitrogens is 3. The van der Waals surface area contributed by atoms with Crippen molar-refractivity contribution in [3.63, 3.8) is 0 Å². The average molecular weight is 386 g/mol. The molecule has 0 saturated heterocycles. The van der Waals surface area contributed by atoms with Gasteiger partial charge in [-0.3, -0.25) is 0 Å². The van der Waals surface area contributed by atoms with Gasteiger partial charge in [0.15, 0.2) is 11.5 Å². The molecule has 2 aromatic carbocycles. The maximum Gasteiger partial charge on any atom is 0.348 e. The highest BCUT2D eigenvalue weighted by atomic mass is 19.1. The molecule has 1 aliphatic rings. The van der Waals surface area contributed by atoms with Crippen LogP contribution in [0.25, 0.3) is 16.8 Å². The van der Waals surface area contributed by atoms with Crippen LogP contribution >= 0.6 is 0 Å². The number of hydrogen-bond acceptors (Lipinski definition) is 5. The topological polar surface area (TPSA) is 95.2 Å². The van der Waals surface area contributed by atoms with Crippen LogP contribution in [0.3, 0.4) is 0 Å². The molecule has 7 nitrogen and oxygen atoms in total. The molecule has 0 fully saturated rings. The summed E-state index contributed by atoms with van der Waals surface area (Å²) in [5, 5.41) is 6.12. The van der Waals surface area contributed by atoms with Crippen LogP contribution in [0.4, 0.5) is 8.78 Å². The first-order valence-electron chi connectivity index (χ1n) is 8.45. The summed E-state index contributed by atoms with van der Waals surface area (Å²) in [4.78, 5) is 12.1. The first-order valence-corrected chi connectivity index (χ1v) is 8.45. The predicted octanol–water partition coefficient (Wildman–Crippen LogP) is 2.45. The third kappa shape index (κ3) is 3.16. The van der Waals surface area contributed by atoms with E-state index < -0.39 is 11.5 Å². The van der Waals surface area contributed by atoms with Crippen molar-refractivity contribution in [3.05, 3.63) is 70.4 Å². The Labute approximate surface area is 158 Å². The quantitative estimate of drug-likeness (QED) is 0.702. The summed E-state index contributed by atoms with van der Waals surface area (Å²) in [5.41, 5.74) is 6.41. The van der Waals surface area contributed by atoms with E-state index in [1.54, 1.807) is 24.3 Å². The summed E-state index contributed by atoms with van der Waals surface area (Å²) in [6, 6.07) is 9.75. The molecule has 9 heteroatoms. The standard InChI is InChI=1S/C19H16F2N4O3/c20-8-11(9-22)5-18-23-24-19(26)25(18)15-3-1-12(6-14(15)21)13-2-4-16-17(7-13)28-10-27-16/h1-4,6-8H,5,9-10,22H2,(H,24,26)/b11-8+. The first-order chi connectivity index (χ1) is 13.6. The number of benzene rings is 2. The molecule has 1 aliphatic heterocycles. The highest BCUT2D eigenvalue weighted by Gasteiger charge is 2.18. The minimum atomic E-state index is -0.626. The molecule has 0 unspecified atom stereocenters. The number of halogens is 2. The van der Waals surface area contributed by atoms with Gasteiger partial charge < -0.3 is 15.2 Å². The van der Waals surface area contributed by atoms with E-state index in [9.17, 15) is 13.6 Å². The smallest absolute Gasteiger partial charge is 0.348 e. The van der Waals surface area contributed by atoms with E-state index in [-0.39, 0.29) is 36.8 Å². The number of aromatic amines is 1. The number of nitrogens with one attached hydrogen (secondary N) is 1. The van der Waals surface area contributed by atoms with Crippen LogP contribution < -0.4 is 20.9 Å². The third-order valence-electron chi connectivity index (χ3n) is 4.44. The van der Waals surface area contributed by atoms with Gasteiger partial charge in [0.2, 0.25) is 6.79 Å². The van der Waals surface area contributed by atoms with Crippen LogP contribution in [0.1, 0.15) is 5.82 Å². The number of hydrogen-bond donors (Lipinski definition) is 2. The molecule has 2 heterocycles. The van der Waals surface area contributed by atoms with Gasteiger partial charge in [-0.15, -0.1) is 0 Å². The summed E-state index contributed by atoms with van der Waals surface area (Å²) in [5.74, 6) is 0.752. The van der Waals surface area contributed by atoms with Gasteiger partial charge in [0.25, 0.3) is 0 Å². The molecule has 0 atom stereocenters. The minimum Gasteiger partial charge on any atom is -0.454 e. The number of ether oxygens (including phenoxy) is 2. The Kier molecular flexibility index (Phi) is 4.66. The molecule has 0 amide bonds. The van der Waals surface area contributed by atoms with Gasteiger partial charge in [0, 0.05) is 13.0 Å². The molecule has 28 heavy (non-hydrogen) atoms. The predicted molar refractivity (Wildman–Crippen MR) is 97.7 cm³/mol. The maximum atomic E-state index is 14.9. The number of nitrogens with zero attached hydrogens (tertiary/aromatic N) is 2. The first kappa shape index (κ1) is 17.9. The highest BCUT2D eigenvalue weighted by molar-refractivity contribution is 5.68. The Hall–Kier alpha value is -3.46. The maximum absolute atomic E-state index is 14.9. The van der Waals surface area contributed by atoms with E-state index in [1.165, 1.54) is 12.1 Å². The number of fused-ring (bicyclic) bond motifs is 1. The highest BCUT2D eigenvalue weighted by Crippen LogP contribution is 2.36. The fourth-order valence-electron chi connectivity index (χ4n) is 3.00. The van der Waals surface area contributed by atoms with Crippen LogP contribution in [0.15, 0.2) is 53.1 Å². The van der Waals surface area contributed by atoms with Gasteiger partial charge >= 0.3 is 5.69 Å². The summed E-state index contributed by atoms with van der Waals surface area (Å²) < 4.78 is 39.4. The lowest BCUT2D eigenvalue weighted by Crippen LogP contribution is -2.19. The van der Waals surface area contributed by atoms with E-state index in [1.807, 2.05) is 0 Å². The molecule has 0 spiro atoms. The SMILES string of the molecule is NC/C(=C/F)Cc1n[nH]c(=O)n1-c1ccc(-c2ccc3c(c2)OCO3)cc1F. The molecular weight excluding hydrogens is 370 g/mol. The zero-order valence-electron chi connectivity index (χ0n) is 14.6. The summed E-state index contributed by atoms with van der Waals surface area (Å²) in [7, 11) is 0. The van der Waals surface area contributed by atoms with E-state index >= 15 is 0 Å². The van der Waals surface area contributed by atoms with Crippen molar-refractivity contribution >= 4 is 0 Å². The number of nitrogens with two attached hydrogens (primary N) is 1. The van der Waals surface area contributed by atoms with Gasteiger partial charge in [-0.25, -0.2) is 23.2 Å². The van der Waals surface area contributed by atoms with E-state index in [0.29, 0.717) is 23.4 Å². The molecule has 0 aliphatic carbocycles. The zero-order chi connectivity index (χ0) is 19.7. The molecule has 0 saturated carbocycles. The van der Waals surface area contributed by atoms with Crippen LogP contribution in [0, 0.1) is 5.82 Å². The van der Waals surface area contributed by atoms with Crippen molar-refractivity contribution in [2.45, 2.75) is 6.42 Å². The van der Waals surface area contributed by atoms with Crippen molar-refractivity contribution in [3.8, 4) is 28.3 Å². The van der Waals surface area contributed by atoms with Gasteiger partial charge in [0.05, 0.1) is 12.0 Å². The van der Waals surface area contributed by atoms with Crippen LogP contribution in [-0.4, -0.2) is 28.1 Å². The summed E-state index contributed by atoms with van der Waals surface area (Å²) >= 11 is 0. The lowest BCUT2D eigenvalue weighted by molar-refractivity contribution is 0.174. The summed E-state index contributed by atoms with van der Waals surface area (Å²) in [6.45, 7) is 0.111. The Balaban J connectivity index is 1.72. The molecule has 1 aromatic heterocycles. The lowest BCUT2D eigenvalue weighted by Gasteiger charge is -2.10. The van der Waals surface area contributed by atoms with Crippen LogP contribution in [0.5, 0.6) is 11.5 Å². The molecule has 144 valence electrons. The monoisotopic (exact) mass is 386 g/mol. The van der Waals surface area contributed by atoms with Gasteiger partial charge in [-0.2, -0.15) is 5.10 Å². The van der Waals surface area contributed by atoms with E-state index in [0.717, 1.165) is 10.1 Å². The Bertz CT molecular complexity index is 1120. The second-order valence-electron chi connectivity index (χ2n) is 6.16. The fourth-order valence-corrected chi connectivity index (χ4v) is 3.00. The summed E-state index contributed by atoms with van der Waals surface area (Å²) in [6.07, 6.45) is 0.345. The van der Waals surface area contributed by atoms with Gasteiger partial charge in [-0.05, 0) is 41.0 Å².